The second-order valence-corrected chi connectivity index (χ2v) is 6.53. The van der Waals surface area contributed by atoms with Crippen LogP contribution in [0.5, 0.6) is 0 Å². The quantitative estimate of drug-likeness (QED) is 0.791. The highest BCUT2D eigenvalue weighted by molar-refractivity contribution is 6.01. The number of hydrogen-bond donors (Lipinski definition) is 1. The number of hydrogen-bond acceptors (Lipinski definition) is 3. The molecule has 0 bridgehead atoms. The summed E-state index contributed by atoms with van der Waals surface area (Å²) in [5.74, 6) is -0.346. The first kappa shape index (κ1) is 16.3. The molecule has 26 heavy (non-hydrogen) atoms. The second kappa shape index (κ2) is 6.63. The maximum atomic E-state index is 13.0. The number of amides is 2. The van der Waals surface area contributed by atoms with Gasteiger partial charge in [-0.1, -0.05) is 24.3 Å². The summed E-state index contributed by atoms with van der Waals surface area (Å²) in [6, 6.07) is 14.6. The molecular weight excluding hydrogens is 328 g/mol. The summed E-state index contributed by atoms with van der Waals surface area (Å²) in [6.45, 7) is 2.54. The fraction of sp³-hybridized carbons (Fsp3) is 0.250. The number of rotatable bonds is 3. The Morgan fingerprint density at radius 3 is 2.69 bits per heavy atom. The number of aromatic nitrogens is 2. The third-order valence-corrected chi connectivity index (χ3v) is 4.77. The fourth-order valence-corrected chi connectivity index (χ4v) is 3.43. The molecule has 1 atom stereocenters. The van der Waals surface area contributed by atoms with E-state index >= 15 is 0 Å². The zero-order chi connectivity index (χ0) is 18.1. The van der Waals surface area contributed by atoms with Crippen LogP contribution in [0.1, 0.15) is 29.0 Å². The van der Waals surface area contributed by atoms with E-state index in [1.165, 1.54) is 0 Å². The number of aryl methyl sites for hydroxylation is 1. The smallest absolute Gasteiger partial charge is 0.274 e. The lowest BCUT2D eigenvalue weighted by atomic mass is 10.2. The number of para-hydroxylation sites is 1. The normalized spacial score (nSPS) is 16.8. The third kappa shape index (κ3) is 2.94. The van der Waals surface area contributed by atoms with Gasteiger partial charge in [0.25, 0.3) is 5.91 Å². The average Bonchev–Trinajstić information content (AvgIpc) is 3.30. The Balaban J connectivity index is 1.56. The second-order valence-electron chi connectivity index (χ2n) is 6.53. The van der Waals surface area contributed by atoms with Crippen LogP contribution in [-0.4, -0.2) is 38.7 Å². The number of nitrogens with zero attached hydrogens (tertiary/aromatic N) is 3. The van der Waals surface area contributed by atoms with E-state index in [1.807, 2.05) is 59.9 Å². The molecule has 1 unspecified atom stereocenters. The summed E-state index contributed by atoms with van der Waals surface area (Å²) in [6.07, 6.45) is 3.22. The molecule has 6 heteroatoms. The molecular formula is C20H20N4O2. The van der Waals surface area contributed by atoms with Crippen LogP contribution in [0, 0.1) is 6.92 Å². The first-order valence-corrected chi connectivity index (χ1v) is 8.75. The molecule has 1 fully saturated rings. The number of nitrogens with one attached hydrogen (secondary N) is 1. The van der Waals surface area contributed by atoms with Gasteiger partial charge in [-0.2, -0.15) is 0 Å². The third-order valence-electron chi connectivity index (χ3n) is 4.77. The lowest BCUT2D eigenvalue weighted by molar-refractivity contribution is -0.119. The molecule has 1 aliphatic rings. The highest BCUT2D eigenvalue weighted by Crippen LogP contribution is 2.22. The molecule has 1 saturated heterocycles. The van der Waals surface area contributed by atoms with Gasteiger partial charge in [0.15, 0.2) is 0 Å². The van der Waals surface area contributed by atoms with Crippen molar-refractivity contribution in [2.45, 2.75) is 25.8 Å². The van der Waals surface area contributed by atoms with Crippen molar-refractivity contribution in [3.05, 3.63) is 66.1 Å². The molecule has 4 rings (SSSR count). The molecule has 0 saturated carbocycles. The van der Waals surface area contributed by atoms with Crippen LogP contribution in [0.2, 0.25) is 0 Å². The van der Waals surface area contributed by atoms with E-state index in [0.717, 1.165) is 23.4 Å². The van der Waals surface area contributed by atoms with Crippen LogP contribution in [0.25, 0.3) is 5.65 Å². The van der Waals surface area contributed by atoms with Gasteiger partial charge in [-0.25, -0.2) is 4.98 Å². The number of fused-ring (bicyclic) bond motifs is 1. The number of carbonyl (C=O) groups excluding carboxylic acids is 2. The number of carbonyl (C=O) groups is 2. The minimum Gasteiger partial charge on any atom is -0.325 e. The maximum absolute atomic E-state index is 13.0. The number of anilines is 1. The van der Waals surface area contributed by atoms with Crippen LogP contribution >= 0.6 is 0 Å². The van der Waals surface area contributed by atoms with Crippen LogP contribution in [0.3, 0.4) is 0 Å². The Morgan fingerprint density at radius 1 is 1.12 bits per heavy atom. The van der Waals surface area contributed by atoms with Gasteiger partial charge >= 0.3 is 0 Å². The summed E-state index contributed by atoms with van der Waals surface area (Å²) in [5, 5.41) is 2.90. The Hall–Kier alpha value is -3.15. The monoisotopic (exact) mass is 348 g/mol. The predicted molar refractivity (Wildman–Crippen MR) is 99.1 cm³/mol. The van der Waals surface area contributed by atoms with E-state index in [1.54, 1.807) is 11.1 Å². The first-order valence-electron chi connectivity index (χ1n) is 8.75. The van der Waals surface area contributed by atoms with Crippen molar-refractivity contribution in [2.75, 3.05) is 11.9 Å². The lowest BCUT2D eigenvalue weighted by Crippen LogP contribution is -2.43. The van der Waals surface area contributed by atoms with Crippen molar-refractivity contribution in [1.82, 2.24) is 14.3 Å². The van der Waals surface area contributed by atoms with Gasteiger partial charge in [-0.3, -0.25) is 9.59 Å². The van der Waals surface area contributed by atoms with E-state index < -0.39 is 6.04 Å². The van der Waals surface area contributed by atoms with Crippen LogP contribution in [-0.2, 0) is 4.79 Å². The molecule has 3 heterocycles. The van der Waals surface area contributed by atoms with Crippen LogP contribution in [0.15, 0.2) is 54.7 Å². The fourth-order valence-electron chi connectivity index (χ4n) is 3.43. The summed E-state index contributed by atoms with van der Waals surface area (Å²) in [4.78, 5) is 31.7. The number of pyridine rings is 1. The summed E-state index contributed by atoms with van der Waals surface area (Å²) in [7, 11) is 0. The van der Waals surface area contributed by atoms with Crippen molar-refractivity contribution >= 4 is 23.1 Å². The number of likely N-dealkylation sites (tertiary alicyclic amines) is 1. The average molecular weight is 348 g/mol. The summed E-state index contributed by atoms with van der Waals surface area (Å²) < 4.78 is 1.89. The number of benzene rings is 1. The van der Waals surface area contributed by atoms with Gasteiger partial charge < -0.3 is 14.6 Å². The molecule has 2 amide bonds. The SMILES string of the molecule is Cc1cccc2nc(C(=O)N3CCCC3C(=O)Nc3ccccc3)cn12. The zero-order valence-electron chi connectivity index (χ0n) is 14.6. The predicted octanol–water partition coefficient (Wildman–Crippen LogP) is 2.89. The zero-order valence-corrected chi connectivity index (χ0v) is 14.6. The number of imidazole rings is 1. The summed E-state index contributed by atoms with van der Waals surface area (Å²) in [5.41, 5.74) is 2.85. The van der Waals surface area contributed by atoms with E-state index in [2.05, 4.69) is 10.3 Å². The minimum absolute atomic E-state index is 0.151. The van der Waals surface area contributed by atoms with Crippen molar-refractivity contribution in [1.29, 1.82) is 0 Å². The minimum atomic E-state index is -0.464. The molecule has 2 aromatic heterocycles. The highest BCUT2D eigenvalue weighted by Gasteiger charge is 2.35. The van der Waals surface area contributed by atoms with Crippen LogP contribution < -0.4 is 5.32 Å². The van der Waals surface area contributed by atoms with Crippen molar-refractivity contribution in [3.63, 3.8) is 0 Å². The Kier molecular flexibility index (Phi) is 4.16. The topological polar surface area (TPSA) is 66.7 Å². The maximum Gasteiger partial charge on any atom is 0.274 e. The van der Waals surface area contributed by atoms with Gasteiger partial charge in [0.05, 0.1) is 0 Å². The molecule has 0 aliphatic carbocycles. The van der Waals surface area contributed by atoms with E-state index in [4.69, 9.17) is 0 Å². The van der Waals surface area contributed by atoms with Crippen molar-refractivity contribution < 1.29 is 9.59 Å². The van der Waals surface area contributed by atoms with E-state index in [9.17, 15) is 9.59 Å². The van der Waals surface area contributed by atoms with Crippen LogP contribution in [0.4, 0.5) is 5.69 Å². The molecule has 6 nitrogen and oxygen atoms in total. The molecule has 1 aliphatic heterocycles. The molecule has 0 spiro atoms. The molecule has 1 N–H and O–H groups in total. The largest absolute Gasteiger partial charge is 0.325 e. The Morgan fingerprint density at radius 2 is 1.92 bits per heavy atom. The summed E-state index contributed by atoms with van der Waals surface area (Å²) >= 11 is 0. The Bertz CT molecular complexity index is 964. The Labute approximate surface area is 151 Å². The molecule has 0 radical (unpaired) electrons. The lowest BCUT2D eigenvalue weighted by Gasteiger charge is -2.23. The first-order chi connectivity index (χ1) is 12.6. The molecule has 132 valence electrons. The van der Waals surface area contributed by atoms with E-state index in [0.29, 0.717) is 18.7 Å². The molecule has 3 aromatic rings. The van der Waals surface area contributed by atoms with Gasteiger partial charge in [0, 0.05) is 24.1 Å². The molecule has 1 aromatic carbocycles. The van der Waals surface area contributed by atoms with Crippen molar-refractivity contribution in [2.24, 2.45) is 0 Å². The van der Waals surface area contributed by atoms with Gasteiger partial charge in [0.1, 0.15) is 17.4 Å². The highest BCUT2D eigenvalue weighted by atomic mass is 16.2. The van der Waals surface area contributed by atoms with Gasteiger partial charge in [-0.15, -0.1) is 0 Å². The standard InChI is InChI=1S/C20H20N4O2/c1-14-7-5-11-18-22-16(13-24(14)18)20(26)23-12-6-10-17(23)19(25)21-15-8-3-2-4-9-15/h2-5,7-9,11,13,17H,6,10,12H2,1H3,(H,21,25). The van der Waals surface area contributed by atoms with Crippen molar-refractivity contribution in [3.8, 4) is 0 Å². The van der Waals surface area contributed by atoms with Gasteiger partial charge in [-0.05, 0) is 44.0 Å². The van der Waals surface area contributed by atoms with E-state index in [-0.39, 0.29) is 11.8 Å². The van der Waals surface area contributed by atoms with Gasteiger partial charge in [0.2, 0.25) is 5.91 Å².